The van der Waals surface area contributed by atoms with Gasteiger partial charge in [-0.15, -0.1) is 0 Å². The SMILES string of the molecule is CC(C)(C)OC(=O)[C@H]1C=C[C@@H](c2ccccc2)C12C=C(C(C)(C)C)C(=O)C(C(C)(C)C)=C2. The number of hydrogen-bond acceptors (Lipinski definition) is 3. The molecule has 0 aliphatic heterocycles. The third kappa shape index (κ3) is 4.53. The second kappa shape index (κ2) is 7.86. The minimum absolute atomic E-state index is 0.0657. The molecular formula is C29H38O3. The summed E-state index contributed by atoms with van der Waals surface area (Å²) in [7, 11) is 0. The number of rotatable bonds is 2. The van der Waals surface area contributed by atoms with Crippen molar-refractivity contribution in [3.8, 4) is 0 Å². The summed E-state index contributed by atoms with van der Waals surface area (Å²) in [6, 6.07) is 10.2. The molecule has 0 unspecified atom stereocenters. The number of carbonyl (C=O) groups is 2. The second-order valence-corrected chi connectivity index (χ2v) is 12.2. The van der Waals surface area contributed by atoms with Crippen LogP contribution < -0.4 is 0 Å². The molecule has 32 heavy (non-hydrogen) atoms. The van der Waals surface area contributed by atoms with E-state index in [1.807, 2.05) is 45.0 Å². The van der Waals surface area contributed by atoms with Gasteiger partial charge in [0.05, 0.1) is 5.92 Å². The Morgan fingerprint density at radius 1 is 0.812 bits per heavy atom. The molecule has 3 rings (SSSR count). The fourth-order valence-electron chi connectivity index (χ4n) is 4.75. The topological polar surface area (TPSA) is 43.4 Å². The summed E-state index contributed by atoms with van der Waals surface area (Å²) < 4.78 is 5.87. The highest BCUT2D eigenvalue weighted by Crippen LogP contribution is 2.57. The Morgan fingerprint density at radius 2 is 1.31 bits per heavy atom. The number of ether oxygens (including phenoxy) is 1. The fourth-order valence-corrected chi connectivity index (χ4v) is 4.75. The van der Waals surface area contributed by atoms with Crippen molar-refractivity contribution in [2.75, 3.05) is 0 Å². The van der Waals surface area contributed by atoms with E-state index in [0.717, 1.165) is 16.7 Å². The zero-order chi connectivity index (χ0) is 24.1. The van der Waals surface area contributed by atoms with Gasteiger partial charge in [-0.3, -0.25) is 9.59 Å². The predicted octanol–water partition coefficient (Wildman–Crippen LogP) is 6.81. The highest BCUT2D eigenvalue weighted by atomic mass is 16.6. The first-order chi connectivity index (χ1) is 14.6. The molecule has 0 aromatic heterocycles. The van der Waals surface area contributed by atoms with Crippen molar-refractivity contribution in [3.05, 3.63) is 71.3 Å². The van der Waals surface area contributed by atoms with Crippen LogP contribution in [-0.4, -0.2) is 17.4 Å². The van der Waals surface area contributed by atoms with Gasteiger partial charge >= 0.3 is 5.97 Å². The highest BCUT2D eigenvalue weighted by molar-refractivity contribution is 6.11. The van der Waals surface area contributed by atoms with Gasteiger partial charge in [-0.25, -0.2) is 0 Å². The smallest absolute Gasteiger partial charge is 0.314 e. The fraction of sp³-hybridized carbons (Fsp3) is 0.517. The van der Waals surface area contributed by atoms with Crippen LogP contribution in [0.15, 0.2) is 65.8 Å². The van der Waals surface area contributed by atoms with Crippen LogP contribution in [0.2, 0.25) is 0 Å². The van der Waals surface area contributed by atoms with Crippen molar-refractivity contribution in [2.45, 2.75) is 73.8 Å². The van der Waals surface area contributed by atoms with Crippen molar-refractivity contribution in [1.82, 2.24) is 0 Å². The first kappa shape index (κ1) is 24.2. The van der Waals surface area contributed by atoms with Gasteiger partial charge < -0.3 is 4.74 Å². The molecule has 2 aliphatic rings. The van der Waals surface area contributed by atoms with Crippen LogP contribution in [0.3, 0.4) is 0 Å². The molecule has 2 aliphatic carbocycles. The molecule has 0 saturated carbocycles. The molecule has 172 valence electrons. The van der Waals surface area contributed by atoms with Gasteiger partial charge in [-0.2, -0.15) is 0 Å². The summed E-state index contributed by atoms with van der Waals surface area (Å²) in [5, 5.41) is 0. The van der Waals surface area contributed by atoms with Gasteiger partial charge in [0.25, 0.3) is 0 Å². The van der Waals surface area contributed by atoms with Crippen LogP contribution in [-0.2, 0) is 14.3 Å². The van der Waals surface area contributed by atoms with Crippen molar-refractivity contribution >= 4 is 11.8 Å². The monoisotopic (exact) mass is 434 g/mol. The molecular weight excluding hydrogens is 396 g/mol. The molecule has 2 atom stereocenters. The van der Waals surface area contributed by atoms with E-state index in [1.165, 1.54) is 0 Å². The van der Waals surface area contributed by atoms with E-state index in [0.29, 0.717) is 0 Å². The lowest BCUT2D eigenvalue weighted by atomic mass is 9.59. The molecule has 0 amide bonds. The number of ketones is 1. The largest absolute Gasteiger partial charge is 0.459 e. The highest BCUT2D eigenvalue weighted by Gasteiger charge is 2.53. The lowest BCUT2D eigenvalue weighted by molar-refractivity contribution is -0.160. The van der Waals surface area contributed by atoms with E-state index < -0.39 is 16.9 Å². The third-order valence-corrected chi connectivity index (χ3v) is 6.29. The summed E-state index contributed by atoms with van der Waals surface area (Å²) in [6.45, 7) is 18.1. The molecule has 0 bridgehead atoms. The van der Waals surface area contributed by atoms with E-state index in [9.17, 15) is 9.59 Å². The minimum Gasteiger partial charge on any atom is -0.459 e. The number of carbonyl (C=O) groups excluding carboxylic acids is 2. The van der Waals surface area contributed by atoms with Crippen molar-refractivity contribution in [2.24, 2.45) is 22.2 Å². The lowest BCUT2D eigenvalue weighted by Crippen LogP contribution is -2.42. The van der Waals surface area contributed by atoms with E-state index >= 15 is 0 Å². The maximum atomic E-state index is 13.6. The van der Waals surface area contributed by atoms with Gasteiger partial charge in [0, 0.05) is 22.5 Å². The van der Waals surface area contributed by atoms with E-state index in [1.54, 1.807) is 0 Å². The maximum absolute atomic E-state index is 13.6. The standard InChI is InChI=1S/C29H38O3/c1-26(2,3)22-17-29(18-23(24(22)30)27(4,5)6)20(19-13-11-10-12-14-19)15-16-21(29)25(31)32-28(7,8)9/h10-18,20-21H,1-9H3/t20-,21+/m0/s1. The first-order valence-corrected chi connectivity index (χ1v) is 11.5. The molecule has 3 nitrogen and oxygen atoms in total. The Balaban J connectivity index is 2.30. The molecule has 1 aromatic rings. The number of esters is 1. The summed E-state index contributed by atoms with van der Waals surface area (Å²) in [5.74, 6) is -0.744. The molecule has 0 radical (unpaired) electrons. The number of Topliss-reactive ketones (excluding diaryl/α,β-unsaturated/α-hetero) is 1. The van der Waals surface area contributed by atoms with E-state index in [2.05, 4.69) is 71.9 Å². The van der Waals surface area contributed by atoms with Crippen LogP contribution in [0.1, 0.15) is 73.8 Å². The molecule has 0 heterocycles. The molecule has 0 fully saturated rings. The van der Waals surface area contributed by atoms with E-state index in [4.69, 9.17) is 4.74 Å². The van der Waals surface area contributed by atoms with E-state index in [-0.39, 0.29) is 28.5 Å². The maximum Gasteiger partial charge on any atom is 0.314 e. The van der Waals surface area contributed by atoms with Gasteiger partial charge in [-0.05, 0) is 37.2 Å². The Labute approximate surface area is 193 Å². The van der Waals surface area contributed by atoms with Crippen molar-refractivity contribution in [1.29, 1.82) is 0 Å². The van der Waals surface area contributed by atoms with Crippen LogP contribution in [0.25, 0.3) is 0 Å². The summed E-state index contributed by atoms with van der Waals surface area (Å²) in [4.78, 5) is 27.1. The average molecular weight is 435 g/mol. The Bertz CT molecular complexity index is 952. The number of allylic oxidation sites excluding steroid dienone is 5. The zero-order valence-electron chi connectivity index (χ0n) is 21.1. The summed E-state index contributed by atoms with van der Waals surface area (Å²) in [5.41, 5.74) is 0.676. The van der Waals surface area contributed by atoms with Crippen LogP contribution in [0.4, 0.5) is 0 Å². The summed E-state index contributed by atoms with van der Waals surface area (Å²) >= 11 is 0. The van der Waals surface area contributed by atoms with Crippen LogP contribution in [0.5, 0.6) is 0 Å². The molecule has 1 aromatic carbocycles. The zero-order valence-corrected chi connectivity index (χ0v) is 21.1. The lowest BCUT2D eigenvalue weighted by Gasteiger charge is -2.43. The molecule has 3 heteroatoms. The number of benzene rings is 1. The average Bonchev–Trinajstić information content (AvgIpc) is 2.99. The molecule has 0 saturated heterocycles. The minimum atomic E-state index is -0.692. The molecule has 1 spiro atoms. The second-order valence-electron chi connectivity index (χ2n) is 12.2. The summed E-state index contributed by atoms with van der Waals surface area (Å²) in [6.07, 6.45) is 8.26. The predicted molar refractivity (Wildman–Crippen MR) is 130 cm³/mol. The number of hydrogen-bond donors (Lipinski definition) is 0. The van der Waals surface area contributed by atoms with Crippen LogP contribution >= 0.6 is 0 Å². The third-order valence-electron chi connectivity index (χ3n) is 6.29. The Hall–Kier alpha value is -2.42. The Morgan fingerprint density at radius 3 is 1.75 bits per heavy atom. The first-order valence-electron chi connectivity index (χ1n) is 11.5. The van der Waals surface area contributed by atoms with Crippen molar-refractivity contribution < 1.29 is 14.3 Å². The van der Waals surface area contributed by atoms with Gasteiger partial charge in [0.1, 0.15) is 5.60 Å². The quantitative estimate of drug-likeness (QED) is 0.379. The van der Waals surface area contributed by atoms with Crippen LogP contribution in [0, 0.1) is 22.2 Å². The van der Waals surface area contributed by atoms with Gasteiger partial charge in [-0.1, -0.05) is 96.2 Å². The normalized spacial score (nSPS) is 23.2. The van der Waals surface area contributed by atoms with Gasteiger partial charge in [0.2, 0.25) is 0 Å². The Kier molecular flexibility index (Phi) is 5.95. The van der Waals surface area contributed by atoms with Crippen molar-refractivity contribution in [3.63, 3.8) is 0 Å². The molecule has 0 N–H and O–H groups in total. The van der Waals surface area contributed by atoms with Gasteiger partial charge in [0.15, 0.2) is 5.78 Å².